The van der Waals surface area contributed by atoms with Crippen molar-refractivity contribution in [1.82, 2.24) is 4.90 Å². The molecule has 0 aromatic carbocycles. The molecule has 1 unspecified atom stereocenters. The fraction of sp³-hybridized carbons (Fsp3) is 0.583. The summed E-state index contributed by atoms with van der Waals surface area (Å²) in [4.78, 5) is 27.4. The van der Waals surface area contributed by atoms with Gasteiger partial charge < -0.3 is 15.1 Å². The Kier molecular flexibility index (Phi) is 15.7. The third-order valence-corrected chi connectivity index (χ3v) is 5.80. The maximum atomic E-state index is 11.6. The molecule has 7 nitrogen and oxygen atoms in total. The van der Waals surface area contributed by atoms with Crippen molar-refractivity contribution in [2.75, 3.05) is 25.1 Å². The average Bonchev–Trinajstić information content (AvgIpc) is 2.68. The van der Waals surface area contributed by atoms with E-state index in [2.05, 4.69) is 50.9 Å². The number of aliphatic carboxylic acids is 2. The Morgan fingerprint density at radius 2 is 1.66 bits per heavy atom. The number of likely N-dealkylation sites (N-methyl/N-ethyl adjacent to an activating group) is 1. The van der Waals surface area contributed by atoms with Crippen LogP contribution in [0, 0.1) is 17.4 Å². The third-order valence-electron chi connectivity index (χ3n) is 4.76. The highest BCUT2D eigenvalue weighted by molar-refractivity contribution is 7.99. The first-order chi connectivity index (χ1) is 15.1. The van der Waals surface area contributed by atoms with Gasteiger partial charge in [-0.25, -0.2) is 0 Å². The Morgan fingerprint density at radius 3 is 2.19 bits per heavy atom. The summed E-state index contributed by atoms with van der Waals surface area (Å²) in [6.45, 7) is 8.13. The van der Waals surface area contributed by atoms with E-state index in [0.29, 0.717) is 11.5 Å². The molecule has 0 aliphatic heterocycles. The van der Waals surface area contributed by atoms with Crippen molar-refractivity contribution in [3.63, 3.8) is 0 Å². The van der Waals surface area contributed by atoms with E-state index >= 15 is 0 Å². The number of allylic oxidation sites excluding steroid dienone is 5. The van der Waals surface area contributed by atoms with E-state index < -0.39 is 17.9 Å². The van der Waals surface area contributed by atoms with Crippen molar-refractivity contribution in [2.45, 2.75) is 59.8 Å². The molecule has 0 amide bonds. The van der Waals surface area contributed by atoms with Crippen LogP contribution in [0.3, 0.4) is 0 Å². The quantitative estimate of drug-likeness (QED) is 0.114. The Labute approximate surface area is 196 Å². The van der Waals surface area contributed by atoms with Gasteiger partial charge >= 0.3 is 11.9 Å². The summed E-state index contributed by atoms with van der Waals surface area (Å²) >= 11 is 1.51. The van der Waals surface area contributed by atoms with Crippen LogP contribution >= 0.6 is 11.8 Å². The SMILES string of the molecule is CC(C)=CCC/C(C)=C/CC/C(C)=C/CSCC(CC(=NC#N)N(C)CC(=O)O)C(=O)O. The summed E-state index contributed by atoms with van der Waals surface area (Å²) in [5.41, 5.74) is 4.02. The zero-order valence-electron chi connectivity index (χ0n) is 19.9. The minimum Gasteiger partial charge on any atom is -0.481 e. The van der Waals surface area contributed by atoms with Crippen LogP contribution in [-0.2, 0) is 9.59 Å². The van der Waals surface area contributed by atoms with E-state index in [9.17, 15) is 14.7 Å². The van der Waals surface area contributed by atoms with E-state index in [1.165, 1.54) is 40.4 Å². The first kappa shape index (κ1) is 29.5. The fourth-order valence-corrected chi connectivity index (χ4v) is 3.91. The molecule has 0 bridgehead atoms. The smallest absolute Gasteiger partial charge is 0.323 e. The number of thioether (sulfide) groups is 1. The second kappa shape index (κ2) is 17.1. The van der Waals surface area contributed by atoms with Gasteiger partial charge in [0, 0.05) is 25.0 Å². The maximum absolute atomic E-state index is 11.6. The molecule has 0 fully saturated rings. The number of carbonyl (C=O) groups is 2. The normalized spacial score (nSPS) is 13.3. The topological polar surface area (TPSA) is 114 Å². The van der Waals surface area contributed by atoms with Gasteiger partial charge in [0.05, 0.1) is 5.92 Å². The predicted octanol–water partition coefficient (Wildman–Crippen LogP) is 5.13. The lowest BCUT2D eigenvalue weighted by Crippen LogP contribution is -2.35. The fourth-order valence-electron chi connectivity index (χ4n) is 2.83. The first-order valence-electron chi connectivity index (χ1n) is 10.7. The lowest BCUT2D eigenvalue weighted by Gasteiger charge is -2.20. The molecule has 0 heterocycles. The Bertz CT molecular complexity index is 775. The molecule has 0 aromatic rings. The van der Waals surface area contributed by atoms with Crippen LogP contribution in [0.25, 0.3) is 0 Å². The van der Waals surface area contributed by atoms with Crippen molar-refractivity contribution in [3.05, 3.63) is 34.9 Å². The lowest BCUT2D eigenvalue weighted by atomic mass is 10.1. The molecule has 0 rings (SSSR count). The van der Waals surface area contributed by atoms with Gasteiger partial charge in [0.15, 0.2) is 0 Å². The molecule has 32 heavy (non-hydrogen) atoms. The van der Waals surface area contributed by atoms with Gasteiger partial charge in [0.1, 0.15) is 12.4 Å². The Morgan fingerprint density at radius 1 is 1.06 bits per heavy atom. The van der Waals surface area contributed by atoms with Crippen molar-refractivity contribution >= 4 is 29.5 Å². The highest BCUT2D eigenvalue weighted by Gasteiger charge is 2.22. The molecule has 0 saturated carbocycles. The van der Waals surface area contributed by atoms with Crippen molar-refractivity contribution in [3.8, 4) is 6.19 Å². The molecule has 2 N–H and O–H groups in total. The molecule has 178 valence electrons. The highest BCUT2D eigenvalue weighted by atomic mass is 32.2. The number of hydrogen-bond acceptors (Lipinski definition) is 5. The number of hydrogen-bond donors (Lipinski definition) is 2. The monoisotopic (exact) mass is 463 g/mol. The number of rotatable bonds is 15. The van der Waals surface area contributed by atoms with Gasteiger partial charge in [-0.05, 0) is 53.4 Å². The summed E-state index contributed by atoms with van der Waals surface area (Å²) in [6, 6.07) is 0. The van der Waals surface area contributed by atoms with E-state index in [0.717, 1.165) is 25.7 Å². The van der Waals surface area contributed by atoms with E-state index in [-0.39, 0.29) is 18.8 Å². The van der Waals surface area contributed by atoms with Crippen molar-refractivity contribution in [1.29, 1.82) is 5.26 Å². The van der Waals surface area contributed by atoms with Crippen LogP contribution in [0.5, 0.6) is 0 Å². The zero-order valence-corrected chi connectivity index (χ0v) is 20.7. The van der Waals surface area contributed by atoms with Gasteiger partial charge in [-0.2, -0.15) is 22.0 Å². The van der Waals surface area contributed by atoms with E-state index in [1.807, 2.05) is 0 Å². The molecule has 1 atom stereocenters. The van der Waals surface area contributed by atoms with Crippen LogP contribution in [0.1, 0.15) is 59.8 Å². The summed E-state index contributed by atoms with van der Waals surface area (Å²) in [6.07, 6.45) is 12.4. The summed E-state index contributed by atoms with van der Waals surface area (Å²) < 4.78 is 0. The minimum atomic E-state index is -1.07. The van der Waals surface area contributed by atoms with Gasteiger partial charge in [0.2, 0.25) is 6.19 Å². The van der Waals surface area contributed by atoms with Crippen LogP contribution in [0.15, 0.2) is 39.9 Å². The van der Waals surface area contributed by atoms with Gasteiger partial charge in [-0.1, -0.05) is 34.9 Å². The molecule has 0 saturated heterocycles. The number of amidine groups is 1. The van der Waals surface area contributed by atoms with Crippen LogP contribution in [0.4, 0.5) is 0 Å². The third kappa shape index (κ3) is 15.3. The van der Waals surface area contributed by atoms with Crippen LogP contribution in [-0.4, -0.2) is 58.0 Å². The Hall–Kier alpha value is -2.53. The lowest BCUT2D eigenvalue weighted by molar-refractivity contribution is -0.140. The first-order valence-corrected chi connectivity index (χ1v) is 11.9. The number of carboxylic acids is 2. The largest absolute Gasteiger partial charge is 0.481 e. The van der Waals surface area contributed by atoms with Gasteiger partial charge in [0.25, 0.3) is 0 Å². The minimum absolute atomic E-state index is 0.0131. The number of nitriles is 1. The summed E-state index contributed by atoms with van der Waals surface area (Å²) in [5.74, 6) is -1.58. The zero-order chi connectivity index (χ0) is 24.5. The Balaban J connectivity index is 4.57. The molecule has 0 aliphatic carbocycles. The number of nitrogens with zero attached hydrogens (tertiary/aromatic N) is 3. The standard InChI is InChI=1S/C24H37N3O4S/c1-18(2)8-6-9-19(3)10-7-11-20(4)12-13-32-16-21(24(30)31)14-22(26-17-25)27(5)15-23(28)29/h8,10,12,21H,6-7,9,11,13-16H2,1-5H3,(H,28,29)(H,30,31)/b19-10+,20-12+,26-22?. The summed E-state index contributed by atoms with van der Waals surface area (Å²) in [5, 5.41) is 27.3. The molecular formula is C24H37N3O4S. The predicted molar refractivity (Wildman–Crippen MR) is 132 cm³/mol. The highest BCUT2D eigenvalue weighted by Crippen LogP contribution is 2.17. The van der Waals surface area contributed by atoms with E-state index in [1.54, 1.807) is 6.19 Å². The van der Waals surface area contributed by atoms with Crippen LogP contribution < -0.4 is 0 Å². The molecule has 0 spiro atoms. The second-order valence-corrected chi connectivity index (χ2v) is 9.19. The average molecular weight is 464 g/mol. The molecule has 0 aliphatic rings. The van der Waals surface area contributed by atoms with Gasteiger partial charge in [-0.15, -0.1) is 0 Å². The maximum Gasteiger partial charge on any atom is 0.323 e. The molecular weight excluding hydrogens is 426 g/mol. The second-order valence-electron chi connectivity index (χ2n) is 8.11. The van der Waals surface area contributed by atoms with Crippen molar-refractivity contribution < 1.29 is 19.8 Å². The molecule has 0 radical (unpaired) electrons. The number of carboxylic acid groups (broad SMARTS) is 2. The summed E-state index contributed by atoms with van der Waals surface area (Å²) in [7, 11) is 1.49. The number of aliphatic imine (C=N–C) groups is 1. The van der Waals surface area contributed by atoms with E-state index in [4.69, 9.17) is 10.4 Å². The van der Waals surface area contributed by atoms with Gasteiger partial charge in [-0.3, -0.25) is 9.59 Å². The van der Waals surface area contributed by atoms with Crippen LogP contribution in [0.2, 0.25) is 0 Å². The molecule has 0 aromatic heterocycles. The molecule has 8 heteroatoms. The van der Waals surface area contributed by atoms with Crippen molar-refractivity contribution in [2.24, 2.45) is 10.9 Å².